The molecule has 0 aromatic heterocycles. The lowest BCUT2D eigenvalue weighted by atomic mass is 9.81. The lowest BCUT2D eigenvalue weighted by Gasteiger charge is -2.24. The summed E-state index contributed by atoms with van der Waals surface area (Å²) in [5.41, 5.74) is 1.73. The standard InChI is InChI=1S/C17H27N/c1-3-5-15-7-9-17(10-8-15)14-16-6-4-12-18(2)13-11-16/h14-15,17H,4,6-13H2,1-2H3/b16-14-/t15-,17-. The molecule has 1 aliphatic heterocycles. The SMILES string of the molecule is CC#C[C@H]1CC[C@H](/C=C2/CCCN(C)CC2)CC1. The minimum Gasteiger partial charge on any atom is -0.306 e. The van der Waals surface area contributed by atoms with Gasteiger partial charge in [0.25, 0.3) is 0 Å². The molecule has 2 rings (SSSR count). The highest BCUT2D eigenvalue weighted by molar-refractivity contribution is 5.09. The maximum absolute atomic E-state index is 3.35. The summed E-state index contributed by atoms with van der Waals surface area (Å²) in [5.74, 6) is 7.95. The summed E-state index contributed by atoms with van der Waals surface area (Å²) >= 11 is 0. The van der Waals surface area contributed by atoms with Crippen LogP contribution in [0.3, 0.4) is 0 Å². The molecular formula is C17H27N. The van der Waals surface area contributed by atoms with Crippen LogP contribution in [0.1, 0.15) is 51.9 Å². The summed E-state index contributed by atoms with van der Waals surface area (Å²) in [6, 6.07) is 0. The Balaban J connectivity index is 1.83. The van der Waals surface area contributed by atoms with Crippen molar-refractivity contribution < 1.29 is 0 Å². The molecule has 1 nitrogen and oxygen atoms in total. The Hall–Kier alpha value is -0.740. The van der Waals surface area contributed by atoms with Crippen LogP contribution in [0.4, 0.5) is 0 Å². The average molecular weight is 245 g/mol. The van der Waals surface area contributed by atoms with Crippen LogP contribution in [0.2, 0.25) is 0 Å². The zero-order valence-corrected chi connectivity index (χ0v) is 12.0. The number of allylic oxidation sites excluding steroid dienone is 1. The van der Waals surface area contributed by atoms with E-state index < -0.39 is 0 Å². The van der Waals surface area contributed by atoms with Crippen LogP contribution in [-0.4, -0.2) is 25.0 Å². The van der Waals surface area contributed by atoms with Crippen molar-refractivity contribution in [1.82, 2.24) is 4.90 Å². The molecule has 1 heterocycles. The van der Waals surface area contributed by atoms with Crippen LogP contribution in [0, 0.1) is 23.7 Å². The van der Waals surface area contributed by atoms with Gasteiger partial charge in [-0.25, -0.2) is 0 Å². The minimum atomic E-state index is 0.685. The van der Waals surface area contributed by atoms with E-state index in [4.69, 9.17) is 0 Å². The molecule has 0 N–H and O–H groups in total. The minimum absolute atomic E-state index is 0.685. The number of hydrogen-bond donors (Lipinski definition) is 0. The van der Waals surface area contributed by atoms with Gasteiger partial charge in [-0.1, -0.05) is 11.6 Å². The van der Waals surface area contributed by atoms with Gasteiger partial charge in [0.15, 0.2) is 0 Å². The molecule has 0 aromatic rings. The fraction of sp³-hybridized carbons (Fsp3) is 0.765. The number of nitrogens with zero attached hydrogens (tertiary/aromatic N) is 1. The predicted molar refractivity (Wildman–Crippen MR) is 78.3 cm³/mol. The summed E-state index contributed by atoms with van der Waals surface area (Å²) < 4.78 is 0. The Kier molecular flexibility index (Phi) is 5.32. The lowest BCUT2D eigenvalue weighted by molar-refractivity contribution is 0.350. The highest BCUT2D eigenvalue weighted by atomic mass is 15.1. The van der Waals surface area contributed by atoms with Gasteiger partial charge in [0.2, 0.25) is 0 Å². The van der Waals surface area contributed by atoms with E-state index in [0.717, 1.165) is 5.92 Å². The van der Waals surface area contributed by atoms with E-state index in [1.165, 1.54) is 58.0 Å². The van der Waals surface area contributed by atoms with Crippen LogP contribution < -0.4 is 0 Å². The van der Waals surface area contributed by atoms with Crippen LogP contribution in [-0.2, 0) is 0 Å². The van der Waals surface area contributed by atoms with Gasteiger partial charge < -0.3 is 4.90 Å². The molecule has 2 fully saturated rings. The van der Waals surface area contributed by atoms with Crippen LogP contribution >= 0.6 is 0 Å². The van der Waals surface area contributed by atoms with E-state index >= 15 is 0 Å². The normalized spacial score (nSPS) is 32.7. The molecule has 0 spiro atoms. The second-order valence-electron chi connectivity index (χ2n) is 5.99. The van der Waals surface area contributed by atoms with Gasteiger partial charge in [-0.05, 0) is 71.4 Å². The quantitative estimate of drug-likeness (QED) is 0.501. The van der Waals surface area contributed by atoms with E-state index in [1.54, 1.807) is 5.57 Å². The monoisotopic (exact) mass is 245 g/mol. The van der Waals surface area contributed by atoms with E-state index in [2.05, 4.69) is 29.9 Å². The molecule has 0 bridgehead atoms. The summed E-state index contributed by atoms with van der Waals surface area (Å²) in [5, 5.41) is 0. The molecule has 1 aliphatic carbocycles. The Morgan fingerprint density at radius 1 is 1.11 bits per heavy atom. The second-order valence-corrected chi connectivity index (χ2v) is 5.99. The van der Waals surface area contributed by atoms with Gasteiger partial charge in [-0.2, -0.15) is 0 Å². The summed E-state index contributed by atoms with van der Waals surface area (Å²) in [6.45, 7) is 4.49. The van der Waals surface area contributed by atoms with Crippen molar-refractivity contribution in [3.63, 3.8) is 0 Å². The van der Waals surface area contributed by atoms with E-state index in [9.17, 15) is 0 Å². The molecule has 1 saturated heterocycles. The first-order chi connectivity index (χ1) is 8.78. The highest BCUT2D eigenvalue weighted by Gasteiger charge is 2.19. The van der Waals surface area contributed by atoms with Gasteiger partial charge in [0.05, 0.1) is 0 Å². The van der Waals surface area contributed by atoms with E-state index in [-0.39, 0.29) is 0 Å². The van der Waals surface area contributed by atoms with Gasteiger partial charge in [0, 0.05) is 12.5 Å². The predicted octanol–water partition coefficient (Wildman–Crippen LogP) is 3.86. The third-order valence-corrected chi connectivity index (χ3v) is 4.44. The first kappa shape index (κ1) is 13.7. The first-order valence-electron chi connectivity index (χ1n) is 7.58. The third-order valence-electron chi connectivity index (χ3n) is 4.44. The van der Waals surface area contributed by atoms with Crippen molar-refractivity contribution in [3.8, 4) is 11.8 Å². The Labute approximate surface area is 113 Å². The molecule has 0 aromatic carbocycles. The number of hydrogen-bond acceptors (Lipinski definition) is 1. The molecule has 2 aliphatic rings. The van der Waals surface area contributed by atoms with Gasteiger partial charge >= 0.3 is 0 Å². The van der Waals surface area contributed by atoms with Crippen molar-refractivity contribution in [2.45, 2.75) is 51.9 Å². The molecule has 1 heteroatoms. The van der Waals surface area contributed by atoms with Gasteiger partial charge in [0.1, 0.15) is 0 Å². The summed E-state index contributed by atoms with van der Waals surface area (Å²) in [7, 11) is 2.25. The molecule has 0 atom stereocenters. The van der Waals surface area contributed by atoms with Crippen molar-refractivity contribution in [2.75, 3.05) is 20.1 Å². The largest absolute Gasteiger partial charge is 0.306 e. The molecule has 0 unspecified atom stereocenters. The maximum Gasteiger partial charge on any atom is 0.0203 e. The van der Waals surface area contributed by atoms with Crippen LogP contribution in [0.15, 0.2) is 11.6 Å². The fourth-order valence-electron chi connectivity index (χ4n) is 3.28. The zero-order chi connectivity index (χ0) is 12.8. The number of likely N-dealkylation sites (tertiary alicyclic amines) is 1. The fourth-order valence-corrected chi connectivity index (χ4v) is 3.28. The second kappa shape index (κ2) is 7.00. The lowest BCUT2D eigenvalue weighted by Crippen LogP contribution is -2.18. The zero-order valence-electron chi connectivity index (χ0n) is 12.0. The third kappa shape index (κ3) is 4.18. The Morgan fingerprint density at radius 3 is 2.61 bits per heavy atom. The van der Waals surface area contributed by atoms with Crippen LogP contribution in [0.5, 0.6) is 0 Å². The van der Waals surface area contributed by atoms with Crippen LogP contribution in [0.25, 0.3) is 0 Å². The number of rotatable bonds is 1. The Morgan fingerprint density at radius 2 is 1.89 bits per heavy atom. The topological polar surface area (TPSA) is 3.24 Å². The first-order valence-corrected chi connectivity index (χ1v) is 7.58. The maximum atomic E-state index is 3.35. The van der Waals surface area contributed by atoms with Crippen molar-refractivity contribution in [1.29, 1.82) is 0 Å². The van der Waals surface area contributed by atoms with E-state index in [1.807, 2.05) is 6.92 Å². The highest BCUT2D eigenvalue weighted by Crippen LogP contribution is 2.31. The molecular weight excluding hydrogens is 218 g/mol. The smallest absolute Gasteiger partial charge is 0.0203 e. The van der Waals surface area contributed by atoms with Crippen molar-refractivity contribution in [3.05, 3.63) is 11.6 Å². The summed E-state index contributed by atoms with van der Waals surface area (Å²) in [6.07, 6.45) is 11.9. The van der Waals surface area contributed by atoms with Gasteiger partial charge in [-0.3, -0.25) is 0 Å². The van der Waals surface area contributed by atoms with Crippen molar-refractivity contribution in [2.24, 2.45) is 11.8 Å². The molecule has 0 amide bonds. The Bertz CT molecular complexity index is 336. The molecule has 1 saturated carbocycles. The van der Waals surface area contributed by atoms with Crippen molar-refractivity contribution >= 4 is 0 Å². The average Bonchev–Trinajstić information content (AvgIpc) is 2.57. The summed E-state index contributed by atoms with van der Waals surface area (Å²) in [4.78, 5) is 2.47. The molecule has 100 valence electrons. The van der Waals surface area contributed by atoms with E-state index in [0.29, 0.717) is 5.92 Å². The molecule has 0 radical (unpaired) electrons. The van der Waals surface area contributed by atoms with Gasteiger partial charge in [-0.15, -0.1) is 11.8 Å². The molecule has 18 heavy (non-hydrogen) atoms.